The second-order valence-electron chi connectivity index (χ2n) is 7.88. The van der Waals surface area contributed by atoms with Gasteiger partial charge in [-0.25, -0.2) is 27.5 Å². The molecule has 0 saturated heterocycles. The van der Waals surface area contributed by atoms with Gasteiger partial charge in [-0.15, -0.1) is 0 Å². The largest absolute Gasteiger partial charge is 0.493 e. The second-order valence-corrected chi connectivity index (χ2v) is 9.56. The fraction of sp³-hybridized carbons (Fsp3) is 0.304. The van der Waals surface area contributed by atoms with Gasteiger partial charge in [0, 0.05) is 17.5 Å². The molecule has 1 aliphatic rings. The molecule has 1 aromatic heterocycles. The van der Waals surface area contributed by atoms with Crippen molar-refractivity contribution in [2.24, 2.45) is 0 Å². The molecule has 0 saturated carbocycles. The van der Waals surface area contributed by atoms with Crippen LogP contribution in [0.25, 0.3) is 0 Å². The maximum absolute atomic E-state index is 13.2. The van der Waals surface area contributed by atoms with Crippen LogP contribution in [-0.4, -0.2) is 25.0 Å². The Kier molecular flexibility index (Phi) is 6.48. The van der Waals surface area contributed by atoms with Crippen LogP contribution in [0.15, 0.2) is 53.7 Å². The lowest BCUT2D eigenvalue weighted by Gasteiger charge is -2.28. The molecule has 0 aliphatic carbocycles. The first-order valence-electron chi connectivity index (χ1n) is 10.6. The highest BCUT2D eigenvalue weighted by molar-refractivity contribution is 7.92. The second kappa shape index (κ2) is 9.21. The van der Waals surface area contributed by atoms with Crippen LogP contribution in [0.2, 0.25) is 0 Å². The topological polar surface area (TPSA) is 81.2 Å². The van der Waals surface area contributed by atoms with Crippen LogP contribution in [0.3, 0.4) is 0 Å². The highest BCUT2D eigenvalue weighted by Gasteiger charge is 2.33. The van der Waals surface area contributed by atoms with Crippen molar-refractivity contribution in [3.05, 3.63) is 76.9 Å². The summed E-state index contributed by atoms with van der Waals surface area (Å²) in [4.78, 5) is 7.07. The normalized spacial score (nSPS) is 16.0. The van der Waals surface area contributed by atoms with Gasteiger partial charge in [0.15, 0.2) is 5.82 Å². The SMILES string of the molecule is CCCc1cc(C(F)(F)F)ccc1[C@@H]1CCOc2cc(S(=O)(=O)Nc3ncc(F)cn3)ccc21. The van der Waals surface area contributed by atoms with Gasteiger partial charge in [0.2, 0.25) is 5.95 Å². The third-order valence-electron chi connectivity index (χ3n) is 5.55. The zero-order chi connectivity index (χ0) is 24.5. The van der Waals surface area contributed by atoms with E-state index in [2.05, 4.69) is 14.7 Å². The van der Waals surface area contributed by atoms with E-state index in [1.807, 2.05) is 6.92 Å². The number of aryl methyl sites for hydroxylation is 1. The van der Waals surface area contributed by atoms with E-state index < -0.39 is 27.6 Å². The van der Waals surface area contributed by atoms with Crippen molar-refractivity contribution in [3.8, 4) is 5.75 Å². The van der Waals surface area contributed by atoms with Crippen LogP contribution in [-0.2, 0) is 22.6 Å². The maximum atomic E-state index is 13.2. The van der Waals surface area contributed by atoms with E-state index >= 15 is 0 Å². The van der Waals surface area contributed by atoms with Crippen molar-refractivity contribution in [2.75, 3.05) is 11.3 Å². The van der Waals surface area contributed by atoms with E-state index in [4.69, 9.17) is 4.74 Å². The van der Waals surface area contributed by atoms with Crippen molar-refractivity contribution in [3.63, 3.8) is 0 Å². The summed E-state index contributed by atoms with van der Waals surface area (Å²) >= 11 is 0. The Labute approximate surface area is 194 Å². The van der Waals surface area contributed by atoms with Gasteiger partial charge in [0.1, 0.15) is 5.75 Å². The van der Waals surface area contributed by atoms with Gasteiger partial charge in [-0.3, -0.25) is 0 Å². The van der Waals surface area contributed by atoms with Crippen LogP contribution in [0.5, 0.6) is 5.75 Å². The number of sulfonamides is 1. The monoisotopic (exact) mass is 495 g/mol. The number of alkyl halides is 3. The minimum Gasteiger partial charge on any atom is -0.493 e. The van der Waals surface area contributed by atoms with E-state index in [1.165, 1.54) is 24.3 Å². The summed E-state index contributed by atoms with van der Waals surface area (Å²) in [6.45, 7) is 2.18. The molecular weight excluding hydrogens is 474 g/mol. The standard InChI is InChI=1S/C23H21F4N3O3S/c1-2-3-14-10-15(23(25,26)27)4-6-18(14)19-8-9-33-21-11-17(5-7-20(19)21)34(31,32)30-22-28-12-16(24)13-29-22/h4-7,10-13,19H,2-3,8-9H2,1H3,(H,28,29,30)/t19-/m0/s1. The maximum Gasteiger partial charge on any atom is 0.416 e. The van der Waals surface area contributed by atoms with Crippen molar-refractivity contribution in [2.45, 2.75) is 43.2 Å². The van der Waals surface area contributed by atoms with Gasteiger partial charge in [0.25, 0.3) is 10.0 Å². The zero-order valence-corrected chi connectivity index (χ0v) is 18.9. The molecule has 180 valence electrons. The molecule has 0 amide bonds. The number of nitrogens with one attached hydrogen (secondary N) is 1. The predicted molar refractivity (Wildman–Crippen MR) is 117 cm³/mol. The summed E-state index contributed by atoms with van der Waals surface area (Å²) in [7, 11) is -4.08. The number of rotatable bonds is 6. The van der Waals surface area contributed by atoms with Crippen LogP contribution in [0.1, 0.15) is 47.9 Å². The quantitative estimate of drug-likeness (QED) is 0.470. The molecule has 1 N–H and O–H groups in total. The fourth-order valence-electron chi connectivity index (χ4n) is 4.01. The molecule has 0 radical (unpaired) electrons. The summed E-state index contributed by atoms with van der Waals surface area (Å²) < 4.78 is 86.1. The third kappa shape index (κ3) is 4.98. The van der Waals surface area contributed by atoms with Gasteiger partial charge in [0.05, 0.1) is 29.5 Å². The number of fused-ring (bicyclic) bond motifs is 1. The van der Waals surface area contributed by atoms with Crippen LogP contribution in [0, 0.1) is 5.82 Å². The van der Waals surface area contributed by atoms with Crippen LogP contribution >= 0.6 is 0 Å². The lowest BCUT2D eigenvalue weighted by atomic mass is 9.82. The molecule has 34 heavy (non-hydrogen) atoms. The lowest BCUT2D eigenvalue weighted by molar-refractivity contribution is -0.137. The molecule has 6 nitrogen and oxygen atoms in total. The highest BCUT2D eigenvalue weighted by Crippen LogP contribution is 2.42. The molecule has 1 aliphatic heterocycles. The van der Waals surface area contributed by atoms with E-state index in [0.29, 0.717) is 36.1 Å². The van der Waals surface area contributed by atoms with E-state index in [9.17, 15) is 26.0 Å². The highest BCUT2D eigenvalue weighted by atomic mass is 32.2. The average Bonchev–Trinajstić information content (AvgIpc) is 2.79. The van der Waals surface area contributed by atoms with Crippen molar-refractivity contribution in [1.82, 2.24) is 9.97 Å². The number of nitrogens with zero attached hydrogens (tertiary/aromatic N) is 2. The summed E-state index contributed by atoms with van der Waals surface area (Å²) in [5.74, 6) is -0.895. The van der Waals surface area contributed by atoms with Gasteiger partial charge in [-0.05, 0) is 42.2 Å². The average molecular weight is 495 g/mol. The molecule has 0 unspecified atom stereocenters. The first-order chi connectivity index (χ1) is 16.1. The third-order valence-corrected chi connectivity index (χ3v) is 6.87. The van der Waals surface area contributed by atoms with Crippen molar-refractivity contribution in [1.29, 1.82) is 0 Å². The van der Waals surface area contributed by atoms with Crippen molar-refractivity contribution < 1.29 is 30.7 Å². The minimum absolute atomic E-state index is 0.110. The Morgan fingerprint density at radius 1 is 1.09 bits per heavy atom. The van der Waals surface area contributed by atoms with Gasteiger partial charge >= 0.3 is 6.18 Å². The van der Waals surface area contributed by atoms with Gasteiger partial charge < -0.3 is 4.74 Å². The summed E-state index contributed by atoms with van der Waals surface area (Å²) in [6.07, 6.45) is -1.05. The summed E-state index contributed by atoms with van der Waals surface area (Å²) in [5, 5.41) is 0. The number of hydrogen-bond acceptors (Lipinski definition) is 5. The Bertz CT molecular complexity index is 1300. The Morgan fingerprint density at radius 2 is 1.79 bits per heavy atom. The summed E-state index contributed by atoms with van der Waals surface area (Å²) in [5.41, 5.74) is 1.39. The van der Waals surface area contributed by atoms with Crippen molar-refractivity contribution >= 4 is 16.0 Å². The van der Waals surface area contributed by atoms with E-state index in [0.717, 1.165) is 24.0 Å². The number of benzene rings is 2. The Hall–Kier alpha value is -3.21. The van der Waals surface area contributed by atoms with Crippen LogP contribution in [0.4, 0.5) is 23.5 Å². The number of ether oxygens (including phenoxy) is 1. The first kappa shape index (κ1) is 23.9. The predicted octanol–water partition coefficient (Wildman–Crippen LogP) is 5.30. The Balaban J connectivity index is 1.68. The smallest absolute Gasteiger partial charge is 0.416 e. The van der Waals surface area contributed by atoms with E-state index in [-0.39, 0.29) is 23.4 Å². The number of aromatic nitrogens is 2. The minimum atomic E-state index is -4.43. The molecule has 3 aromatic rings. The van der Waals surface area contributed by atoms with Crippen LogP contribution < -0.4 is 9.46 Å². The van der Waals surface area contributed by atoms with E-state index in [1.54, 1.807) is 6.07 Å². The first-order valence-corrected chi connectivity index (χ1v) is 12.0. The molecule has 0 spiro atoms. The Morgan fingerprint density at radius 3 is 2.47 bits per heavy atom. The molecule has 2 aromatic carbocycles. The zero-order valence-electron chi connectivity index (χ0n) is 18.1. The van der Waals surface area contributed by atoms with Gasteiger partial charge in [-0.2, -0.15) is 13.2 Å². The molecule has 0 bridgehead atoms. The molecule has 1 atom stereocenters. The lowest BCUT2D eigenvalue weighted by Crippen LogP contribution is -2.19. The number of halogens is 4. The molecule has 11 heteroatoms. The molecular formula is C23H21F4N3O3S. The molecule has 0 fully saturated rings. The number of anilines is 1. The van der Waals surface area contributed by atoms with Gasteiger partial charge in [-0.1, -0.05) is 25.5 Å². The fourth-order valence-corrected chi connectivity index (χ4v) is 4.98. The number of hydrogen-bond donors (Lipinski definition) is 1. The summed E-state index contributed by atoms with van der Waals surface area (Å²) in [6, 6.07) is 8.12. The molecule has 4 rings (SSSR count). The molecule has 2 heterocycles.